The molecule has 2 rings (SSSR count). The molecule has 0 amide bonds. The first-order chi connectivity index (χ1) is 8.52. The van der Waals surface area contributed by atoms with E-state index in [0.29, 0.717) is 11.4 Å². The smallest absolute Gasteiger partial charge is 0.358 e. The molecule has 0 fully saturated rings. The molecule has 2 aromatic heterocycles. The van der Waals surface area contributed by atoms with E-state index in [1.54, 1.807) is 17.8 Å². The normalized spacial score (nSPS) is 10.4. The Morgan fingerprint density at radius 1 is 1.33 bits per heavy atom. The van der Waals surface area contributed by atoms with Gasteiger partial charge in [0.25, 0.3) is 0 Å². The van der Waals surface area contributed by atoms with E-state index >= 15 is 0 Å². The Morgan fingerprint density at radius 2 is 2.06 bits per heavy atom. The lowest BCUT2D eigenvalue weighted by atomic mass is 10.2. The van der Waals surface area contributed by atoms with Crippen LogP contribution in [0.3, 0.4) is 0 Å². The van der Waals surface area contributed by atoms with Crippen LogP contribution in [-0.4, -0.2) is 32.8 Å². The largest absolute Gasteiger partial charge is 0.464 e. The quantitative estimate of drug-likeness (QED) is 0.746. The van der Waals surface area contributed by atoms with Crippen LogP contribution in [0.15, 0.2) is 12.4 Å². The summed E-state index contributed by atoms with van der Waals surface area (Å²) in [6, 6.07) is 0. The predicted molar refractivity (Wildman–Crippen MR) is 65.0 cm³/mol. The topological polar surface area (TPSA) is 69.9 Å². The fourth-order valence-corrected chi connectivity index (χ4v) is 1.72. The summed E-state index contributed by atoms with van der Waals surface area (Å²) in [7, 11) is 3.16. The van der Waals surface area contributed by atoms with Crippen LogP contribution in [0.5, 0.6) is 0 Å². The maximum atomic E-state index is 11.6. The maximum Gasteiger partial charge on any atom is 0.358 e. The average Bonchev–Trinajstić information content (AvgIpc) is 2.68. The van der Waals surface area contributed by atoms with Gasteiger partial charge in [0.05, 0.1) is 30.4 Å². The lowest BCUT2D eigenvalue weighted by Gasteiger charge is -2.04. The Morgan fingerprint density at radius 3 is 2.61 bits per heavy atom. The molecule has 0 aliphatic rings. The van der Waals surface area contributed by atoms with E-state index in [4.69, 9.17) is 0 Å². The van der Waals surface area contributed by atoms with Crippen molar-refractivity contribution in [2.24, 2.45) is 7.05 Å². The zero-order valence-electron chi connectivity index (χ0n) is 10.8. The van der Waals surface area contributed by atoms with Gasteiger partial charge in [-0.15, -0.1) is 0 Å². The van der Waals surface area contributed by atoms with Gasteiger partial charge in [-0.2, -0.15) is 5.10 Å². The van der Waals surface area contributed by atoms with Crippen LogP contribution >= 0.6 is 0 Å². The van der Waals surface area contributed by atoms with Gasteiger partial charge >= 0.3 is 5.97 Å². The molecule has 0 saturated carbocycles. The third-order valence-corrected chi connectivity index (χ3v) is 2.62. The molecule has 0 aliphatic carbocycles. The molecular weight excluding hydrogens is 232 g/mol. The van der Waals surface area contributed by atoms with Crippen LogP contribution in [0, 0.1) is 13.8 Å². The minimum Gasteiger partial charge on any atom is -0.464 e. The second kappa shape index (κ2) is 4.56. The number of methoxy groups -OCH3 is 1. The van der Waals surface area contributed by atoms with E-state index in [1.165, 1.54) is 7.11 Å². The van der Waals surface area contributed by atoms with Gasteiger partial charge in [0.15, 0.2) is 5.69 Å². The number of aryl methyl sites for hydroxylation is 3. The van der Waals surface area contributed by atoms with Gasteiger partial charge in [0, 0.05) is 18.8 Å². The summed E-state index contributed by atoms with van der Waals surface area (Å²) in [5, 5.41) is 4.24. The number of aromatic nitrogens is 4. The molecule has 0 spiro atoms. The second-order valence-electron chi connectivity index (χ2n) is 3.98. The van der Waals surface area contributed by atoms with Crippen LogP contribution in [-0.2, 0) is 11.8 Å². The highest BCUT2D eigenvalue weighted by Crippen LogP contribution is 2.20. The third-order valence-electron chi connectivity index (χ3n) is 2.62. The molecule has 0 N–H and O–H groups in total. The van der Waals surface area contributed by atoms with Gasteiger partial charge in [-0.3, -0.25) is 9.67 Å². The van der Waals surface area contributed by atoms with Crippen molar-refractivity contribution >= 4 is 5.97 Å². The van der Waals surface area contributed by atoms with Crippen molar-refractivity contribution in [3.8, 4) is 11.3 Å². The SMILES string of the molecule is COC(=O)c1nc(-c2cn(C)nc2C)cnc1C. The Labute approximate surface area is 105 Å². The molecular formula is C12H14N4O2. The van der Waals surface area contributed by atoms with Crippen molar-refractivity contribution in [1.82, 2.24) is 19.7 Å². The van der Waals surface area contributed by atoms with Crippen molar-refractivity contribution in [2.45, 2.75) is 13.8 Å². The number of hydrogen-bond donors (Lipinski definition) is 0. The zero-order chi connectivity index (χ0) is 13.3. The first kappa shape index (κ1) is 12.2. The van der Waals surface area contributed by atoms with Crippen LogP contribution in [0.4, 0.5) is 0 Å². The number of nitrogens with zero attached hydrogens (tertiary/aromatic N) is 4. The number of hydrogen-bond acceptors (Lipinski definition) is 5. The first-order valence-electron chi connectivity index (χ1n) is 5.45. The molecule has 0 saturated heterocycles. The predicted octanol–water partition coefficient (Wildman–Crippen LogP) is 1.28. The number of rotatable bonds is 2. The van der Waals surface area contributed by atoms with E-state index in [9.17, 15) is 4.79 Å². The number of ether oxygens (including phenoxy) is 1. The summed E-state index contributed by atoms with van der Waals surface area (Å²) >= 11 is 0. The summed E-state index contributed by atoms with van der Waals surface area (Å²) in [5.74, 6) is -0.483. The van der Waals surface area contributed by atoms with Crippen LogP contribution in [0.2, 0.25) is 0 Å². The molecule has 0 unspecified atom stereocenters. The van der Waals surface area contributed by atoms with E-state index < -0.39 is 5.97 Å². The van der Waals surface area contributed by atoms with Gasteiger partial charge < -0.3 is 4.74 Å². The van der Waals surface area contributed by atoms with E-state index in [2.05, 4.69) is 19.8 Å². The van der Waals surface area contributed by atoms with Gasteiger partial charge in [-0.25, -0.2) is 9.78 Å². The van der Waals surface area contributed by atoms with Crippen molar-refractivity contribution in [3.63, 3.8) is 0 Å². The highest BCUT2D eigenvalue weighted by Gasteiger charge is 2.15. The van der Waals surface area contributed by atoms with Gasteiger partial charge in [-0.05, 0) is 13.8 Å². The summed E-state index contributed by atoms with van der Waals surface area (Å²) in [6.45, 7) is 3.60. The lowest BCUT2D eigenvalue weighted by molar-refractivity contribution is 0.0592. The van der Waals surface area contributed by atoms with E-state index in [-0.39, 0.29) is 5.69 Å². The molecule has 2 aromatic rings. The standard InChI is InChI=1S/C12H14N4O2/c1-7-9(6-16(3)15-7)10-5-13-8(2)11(14-10)12(17)18-4/h5-6H,1-4H3. The minimum atomic E-state index is -0.483. The monoisotopic (exact) mass is 246 g/mol. The van der Waals surface area contributed by atoms with Crippen molar-refractivity contribution in [3.05, 3.63) is 29.5 Å². The Hall–Kier alpha value is -2.24. The van der Waals surface area contributed by atoms with E-state index in [0.717, 1.165) is 11.3 Å². The van der Waals surface area contributed by atoms with E-state index in [1.807, 2.05) is 20.2 Å². The molecule has 0 aromatic carbocycles. The molecule has 6 heteroatoms. The highest BCUT2D eigenvalue weighted by molar-refractivity contribution is 5.88. The highest BCUT2D eigenvalue weighted by atomic mass is 16.5. The maximum absolute atomic E-state index is 11.6. The molecule has 0 aliphatic heterocycles. The fraction of sp³-hybridized carbons (Fsp3) is 0.333. The van der Waals surface area contributed by atoms with Crippen LogP contribution in [0.1, 0.15) is 21.9 Å². The molecule has 0 atom stereocenters. The number of carbonyl (C=O) groups is 1. The molecule has 2 heterocycles. The molecule has 0 bridgehead atoms. The molecule has 94 valence electrons. The Balaban J connectivity index is 2.53. The third kappa shape index (κ3) is 2.09. The Bertz CT molecular complexity index is 604. The molecule has 0 radical (unpaired) electrons. The summed E-state index contributed by atoms with van der Waals surface area (Å²) < 4.78 is 6.38. The van der Waals surface area contributed by atoms with Gasteiger partial charge in [0.1, 0.15) is 0 Å². The fourth-order valence-electron chi connectivity index (χ4n) is 1.72. The minimum absolute atomic E-state index is 0.234. The average molecular weight is 246 g/mol. The number of esters is 1. The molecule has 18 heavy (non-hydrogen) atoms. The summed E-state index contributed by atoms with van der Waals surface area (Å²) in [4.78, 5) is 20.0. The second-order valence-corrected chi connectivity index (χ2v) is 3.98. The van der Waals surface area contributed by atoms with Crippen LogP contribution in [0.25, 0.3) is 11.3 Å². The van der Waals surface area contributed by atoms with Gasteiger partial charge in [0.2, 0.25) is 0 Å². The van der Waals surface area contributed by atoms with Crippen molar-refractivity contribution in [1.29, 1.82) is 0 Å². The van der Waals surface area contributed by atoms with Crippen LogP contribution < -0.4 is 0 Å². The van der Waals surface area contributed by atoms with Crippen molar-refractivity contribution in [2.75, 3.05) is 7.11 Å². The zero-order valence-corrected chi connectivity index (χ0v) is 10.8. The first-order valence-corrected chi connectivity index (χ1v) is 5.45. The van der Waals surface area contributed by atoms with Gasteiger partial charge in [-0.1, -0.05) is 0 Å². The Kier molecular flexibility index (Phi) is 3.10. The number of carbonyl (C=O) groups excluding carboxylic acids is 1. The summed E-state index contributed by atoms with van der Waals surface area (Å²) in [6.07, 6.45) is 3.47. The van der Waals surface area contributed by atoms with Crippen molar-refractivity contribution < 1.29 is 9.53 Å². The lowest BCUT2D eigenvalue weighted by Crippen LogP contribution is -2.09. The summed E-state index contributed by atoms with van der Waals surface area (Å²) in [5.41, 5.74) is 3.10. The molecule has 6 nitrogen and oxygen atoms in total.